The van der Waals surface area contributed by atoms with Crippen LogP contribution < -0.4 is 16.2 Å². The molecular formula is C19H20N4O2. The molecule has 2 aromatic carbocycles. The summed E-state index contributed by atoms with van der Waals surface area (Å²) < 4.78 is 1.49. The van der Waals surface area contributed by atoms with Gasteiger partial charge in [0.1, 0.15) is 0 Å². The maximum absolute atomic E-state index is 12.0. The molecule has 0 aliphatic carbocycles. The monoisotopic (exact) mass is 336 g/mol. The lowest BCUT2D eigenvalue weighted by atomic mass is 10.0. The number of rotatable bonds is 5. The number of nitrogens with zero attached hydrogens (tertiary/aromatic N) is 2. The molecular weight excluding hydrogens is 316 g/mol. The van der Waals surface area contributed by atoms with Crippen LogP contribution in [0.1, 0.15) is 11.1 Å². The first kappa shape index (κ1) is 16.7. The summed E-state index contributed by atoms with van der Waals surface area (Å²) in [6.45, 7) is 2.90. The molecule has 1 heterocycles. The van der Waals surface area contributed by atoms with Gasteiger partial charge in [-0.05, 0) is 23.3 Å². The normalized spacial score (nSPS) is 10.6. The Morgan fingerprint density at radius 2 is 1.92 bits per heavy atom. The van der Waals surface area contributed by atoms with Crippen molar-refractivity contribution in [3.05, 3.63) is 76.5 Å². The van der Waals surface area contributed by atoms with Crippen molar-refractivity contribution in [1.82, 2.24) is 20.2 Å². The van der Waals surface area contributed by atoms with Gasteiger partial charge in [-0.3, -0.25) is 9.36 Å². The SMILES string of the molecule is Cc1cncn(CCNC(=O)NCc2cccc3ccccc23)c1=O. The molecule has 0 radical (unpaired) electrons. The number of hydrogen-bond acceptors (Lipinski definition) is 3. The van der Waals surface area contributed by atoms with Crippen molar-refractivity contribution < 1.29 is 4.79 Å². The van der Waals surface area contributed by atoms with E-state index in [2.05, 4.69) is 15.6 Å². The number of benzene rings is 2. The maximum atomic E-state index is 12.0. The van der Waals surface area contributed by atoms with E-state index in [0.717, 1.165) is 16.3 Å². The first-order valence-corrected chi connectivity index (χ1v) is 8.14. The van der Waals surface area contributed by atoms with Crippen molar-refractivity contribution in [3.8, 4) is 0 Å². The minimum Gasteiger partial charge on any atom is -0.336 e. The molecule has 2 amide bonds. The fourth-order valence-electron chi connectivity index (χ4n) is 2.69. The van der Waals surface area contributed by atoms with Crippen molar-refractivity contribution in [2.75, 3.05) is 6.54 Å². The molecule has 0 saturated carbocycles. The highest BCUT2D eigenvalue weighted by atomic mass is 16.2. The van der Waals surface area contributed by atoms with Crippen molar-refractivity contribution in [1.29, 1.82) is 0 Å². The summed E-state index contributed by atoms with van der Waals surface area (Å²) in [6, 6.07) is 13.8. The predicted octanol–water partition coefficient (Wildman–Crippen LogP) is 2.20. The summed E-state index contributed by atoms with van der Waals surface area (Å²) in [5.74, 6) is 0. The van der Waals surface area contributed by atoms with E-state index in [1.165, 1.54) is 17.1 Å². The quantitative estimate of drug-likeness (QED) is 0.750. The Hall–Kier alpha value is -3.15. The zero-order valence-corrected chi connectivity index (χ0v) is 14.0. The smallest absolute Gasteiger partial charge is 0.315 e. The number of carbonyl (C=O) groups excluding carboxylic acids is 1. The third-order valence-corrected chi connectivity index (χ3v) is 4.03. The second-order valence-corrected chi connectivity index (χ2v) is 5.82. The van der Waals surface area contributed by atoms with Crippen LogP contribution in [0.4, 0.5) is 4.79 Å². The Labute approximate surface area is 145 Å². The van der Waals surface area contributed by atoms with Gasteiger partial charge in [0.25, 0.3) is 5.56 Å². The van der Waals surface area contributed by atoms with E-state index >= 15 is 0 Å². The van der Waals surface area contributed by atoms with E-state index in [4.69, 9.17) is 0 Å². The number of hydrogen-bond donors (Lipinski definition) is 2. The largest absolute Gasteiger partial charge is 0.336 e. The Morgan fingerprint density at radius 3 is 2.80 bits per heavy atom. The lowest BCUT2D eigenvalue weighted by Gasteiger charge is -2.10. The van der Waals surface area contributed by atoms with E-state index in [1.807, 2.05) is 42.5 Å². The van der Waals surface area contributed by atoms with Gasteiger partial charge < -0.3 is 10.6 Å². The molecule has 128 valence electrons. The number of amides is 2. The molecule has 6 nitrogen and oxygen atoms in total. The molecule has 1 aromatic heterocycles. The first-order valence-electron chi connectivity index (χ1n) is 8.14. The highest BCUT2D eigenvalue weighted by Gasteiger charge is 2.04. The van der Waals surface area contributed by atoms with Crippen molar-refractivity contribution in [2.45, 2.75) is 20.0 Å². The minimum atomic E-state index is -0.262. The zero-order chi connectivity index (χ0) is 17.6. The summed E-state index contributed by atoms with van der Waals surface area (Å²) in [5.41, 5.74) is 1.56. The topological polar surface area (TPSA) is 76.0 Å². The van der Waals surface area contributed by atoms with E-state index in [9.17, 15) is 9.59 Å². The fourth-order valence-corrected chi connectivity index (χ4v) is 2.69. The Balaban J connectivity index is 1.53. The van der Waals surface area contributed by atoms with Gasteiger partial charge in [0, 0.05) is 31.4 Å². The van der Waals surface area contributed by atoms with E-state index in [0.29, 0.717) is 25.2 Å². The Kier molecular flexibility index (Phi) is 5.09. The lowest BCUT2D eigenvalue weighted by molar-refractivity contribution is 0.240. The van der Waals surface area contributed by atoms with Crippen LogP contribution in [-0.4, -0.2) is 22.1 Å². The highest BCUT2D eigenvalue weighted by molar-refractivity contribution is 5.86. The van der Waals surface area contributed by atoms with Gasteiger partial charge in [0.05, 0.1) is 6.33 Å². The standard InChI is InChI=1S/C19H20N4O2/c1-14-11-20-13-23(18(14)24)10-9-21-19(25)22-12-16-7-4-6-15-5-2-3-8-17(15)16/h2-8,11,13H,9-10,12H2,1H3,(H2,21,22,25). The average molecular weight is 336 g/mol. The molecule has 0 unspecified atom stereocenters. The fraction of sp³-hybridized carbons (Fsp3) is 0.211. The minimum absolute atomic E-state index is 0.0898. The van der Waals surface area contributed by atoms with Crippen LogP contribution in [0.2, 0.25) is 0 Å². The van der Waals surface area contributed by atoms with Gasteiger partial charge in [0.15, 0.2) is 0 Å². The van der Waals surface area contributed by atoms with Crippen LogP contribution in [-0.2, 0) is 13.1 Å². The third-order valence-electron chi connectivity index (χ3n) is 4.03. The second-order valence-electron chi connectivity index (χ2n) is 5.82. The van der Waals surface area contributed by atoms with Crippen molar-refractivity contribution in [3.63, 3.8) is 0 Å². The molecule has 0 atom stereocenters. The number of aromatic nitrogens is 2. The lowest BCUT2D eigenvalue weighted by Crippen LogP contribution is -2.38. The Morgan fingerprint density at radius 1 is 1.12 bits per heavy atom. The molecule has 0 fully saturated rings. The van der Waals surface area contributed by atoms with Gasteiger partial charge >= 0.3 is 6.03 Å². The summed E-state index contributed by atoms with van der Waals surface area (Å²) in [7, 11) is 0. The first-order chi connectivity index (χ1) is 12.1. The number of fused-ring (bicyclic) bond motifs is 1. The van der Waals surface area contributed by atoms with Crippen LogP contribution in [0, 0.1) is 6.92 Å². The van der Waals surface area contributed by atoms with Crippen molar-refractivity contribution >= 4 is 16.8 Å². The average Bonchev–Trinajstić information content (AvgIpc) is 2.63. The number of carbonyl (C=O) groups is 1. The molecule has 2 N–H and O–H groups in total. The zero-order valence-electron chi connectivity index (χ0n) is 14.0. The second kappa shape index (κ2) is 7.61. The molecule has 3 rings (SSSR count). The summed E-state index contributed by atoms with van der Waals surface area (Å²) in [6.07, 6.45) is 3.01. The van der Waals surface area contributed by atoms with Crippen LogP contribution >= 0.6 is 0 Å². The van der Waals surface area contributed by atoms with Gasteiger partial charge in [0.2, 0.25) is 0 Å². The predicted molar refractivity (Wildman–Crippen MR) is 97.4 cm³/mol. The van der Waals surface area contributed by atoms with Crippen LogP contribution in [0.15, 0.2) is 59.8 Å². The van der Waals surface area contributed by atoms with Gasteiger partial charge in [-0.2, -0.15) is 0 Å². The van der Waals surface area contributed by atoms with E-state index in [-0.39, 0.29) is 11.6 Å². The van der Waals surface area contributed by atoms with Gasteiger partial charge in [-0.25, -0.2) is 9.78 Å². The number of aryl methyl sites for hydroxylation is 1. The molecule has 6 heteroatoms. The summed E-state index contributed by atoms with van der Waals surface area (Å²) >= 11 is 0. The maximum Gasteiger partial charge on any atom is 0.315 e. The van der Waals surface area contributed by atoms with E-state index < -0.39 is 0 Å². The molecule has 3 aromatic rings. The Bertz CT molecular complexity index is 944. The van der Waals surface area contributed by atoms with Crippen LogP contribution in [0.3, 0.4) is 0 Å². The molecule has 0 bridgehead atoms. The molecule has 0 aliphatic heterocycles. The van der Waals surface area contributed by atoms with Gasteiger partial charge in [-0.15, -0.1) is 0 Å². The number of nitrogens with one attached hydrogen (secondary N) is 2. The van der Waals surface area contributed by atoms with E-state index in [1.54, 1.807) is 6.92 Å². The molecule has 0 spiro atoms. The molecule has 0 saturated heterocycles. The number of urea groups is 1. The third kappa shape index (κ3) is 4.03. The summed E-state index contributed by atoms with van der Waals surface area (Å²) in [5, 5.41) is 7.88. The van der Waals surface area contributed by atoms with Crippen LogP contribution in [0.25, 0.3) is 10.8 Å². The highest BCUT2D eigenvalue weighted by Crippen LogP contribution is 2.18. The molecule has 0 aliphatic rings. The van der Waals surface area contributed by atoms with Crippen molar-refractivity contribution in [2.24, 2.45) is 0 Å². The molecule has 25 heavy (non-hydrogen) atoms. The van der Waals surface area contributed by atoms with Gasteiger partial charge in [-0.1, -0.05) is 42.5 Å². The van der Waals surface area contributed by atoms with Crippen LogP contribution in [0.5, 0.6) is 0 Å². The summed E-state index contributed by atoms with van der Waals surface area (Å²) in [4.78, 5) is 27.8.